The molecule has 6 saturated heterocycles. The summed E-state index contributed by atoms with van der Waals surface area (Å²) in [6.07, 6.45) is 41.7. The molecule has 0 radical (unpaired) electrons. The lowest BCUT2D eigenvalue weighted by Gasteiger charge is -2.18. The third-order valence-electron chi connectivity index (χ3n) is 15.6. The van der Waals surface area contributed by atoms with Gasteiger partial charge < -0.3 is 42.6 Å². The first kappa shape index (κ1) is 56.5. The van der Waals surface area contributed by atoms with E-state index in [1.165, 1.54) is 70.6 Å². The highest BCUT2D eigenvalue weighted by Gasteiger charge is 2.48. The van der Waals surface area contributed by atoms with Gasteiger partial charge in [-0.2, -0.15) is 0 Å². The van der Waals surface area contributed by atoms with Crippen molar-refractivity contribution in [1.29, 1.82) is 0 Å². The first-order valence-corrected chi connectivity index (χ1v) is 29.3. The lowest BCUT2D eigenvalue weighted by atomic mass is 10.0. The summed E-state index contributed by atoms with van der Waals surface area (Å²) < 4.78 is 52.2. The Morgan fingerprint density at radius 1 is 0.319 bits per heavy atom. The fourth-order valence-corrected chi connectivity index (χ4v) is 10.6. The average molecular weight is 975 g/mol. The molecule has 12 unspecified atom stereocenters. The van der Waals surface area contributed by atoms with Crippen LogP contribution in [0.2, 0.25) is 0 Å². The van der Waals surface area contributed by atoms with Crippen molar-refractivity contribution in [3.63, 3.8) is 0 Å². The maximum atomic E-state index is 12.9. The van der Waals surface area contributed by atoms with Gasteiger partial charge in [-0.3, -0.25) is 14.4 Å². The quantitative estimate of drug-likeness (QED) is 0.0247. The molecule has 6 heterocycles. The second kappa shape index (κ2) is 32.4. The zero-order valence-electron chi connectivity index (χ0n) is 43.8. The highest BCUT2D eigenvalue weighted by molar-refractivity contribution is 5.71. The van der Waals surface area contributed by atoms with Crippen molar-refractivity contribution in [2.75, 3.05) is 13.2 Å². The van der Waals surface area contributed by atoms with Crippen molar-refractivity contribution in [1.82, 2.24) is 0 Å². The molecule has 0 aromatic rings. The number of ether oxygens (including phenoxy) is 9. The molecule has 6 rings (SSSR count). The normalized spacial score (nSPS) is 29.6. The van der Waals surface area contributed by atoms with Crippen LogP contribution in [-0.2, 0) is 57.0 Å². The zero-order chi connectivity index (χ0) is 48.5. The molecule has 0 bridgehead atoms. The first-order chi connectivity index (χ1) is 33.8. The molecule has 0 aromatic carbocycles. The van der Waals surface area contributed by atoms with E-state index < -0.39 is 6.10 Å². The summed E-state index contributed by atoms with van der Waals surface area (Å²) in [6.45, 7) is 6.49. The van der Waals surface area contributed by atoms with Gasteiger partial charge in [0.05, 0.1) is 73.2 Å². The number of esters is 3. The predicted octanol–water partition coefficient (Wildman–Crippen LogP) is 12.7. The van der Waals surface area contributed by atoms with E-state index in [1.54, 1.807) is 0 Å². The summed E-state index contributed by atoms with van der Waals surface area (Å²) in [6, 6.07) is 0. The van der Waals surface area contributed by atoms with Crippen LogP contribution in [0.25, 0.3) is 0 Å². The minimum Gasteiger partial charge on any atom is -0.462 e. The molecule has 0 spiro atoms. The lowest BCUT2D eigenvalue weighted by molar-refractivity contribution is -0.167. The number of hydrogen-bond donors (Lipinski definition) is 0. The number of carbonyl (C=O) groups excluding carboxylic acids is 3. The summed E-state index contributed by atoms with van der Waals surface area (Å²) in [5.41, 5.74) is 0. The van der Waals surface area contributed by atoms with E-state index >= 15 is 0 Å². The topological polar surface area (TPSA) is 154 Å². The summed E-state index contributed by atoms with van der Waals surface area (Å²) in [5.74, 6) is -0.964. The Morgan fingerprint density at radius 3 is 0.971 bits per heavy atom. The molecule has 0 N–H and O–H groups in total. The standard InChI is InChI=1S/C57H98O12/c1-4-7-19-28-45-51(66-45)38-53-47(68-53)31-22-14-10-16-24-33-55(58)61-40-42(63-57(60)35-26-18-12-13-21-30-44-50(65-44)37-36-49-43(64-49)27-9-6-3)41-62-56(59)34-25-17-11-15-23-32-48-54(69-48)39-52-46(67-52)29-20-8-5-2/h42-54H,4-41H2,1-3H3. The molecule has 6 aliphatic heterocycles. The third kappa shape index (κ3) is 24.6. The van der Waals surface area contributed by atoms with Crippen molar-refractivity contribution < 1.29 is 57.0 Å². The van der Waals surface area contributed by atoms with Gasteiger partial charge in [0.15, 0.2) is 6.10 Å². The molecule has 12 atom stereocenters. The van der Waals surface area contributed by atoms with E-state index in [4.69, 9.17) is 42.6 Å². The SMILES string of the molecule is CCCCCC1OC1CC1OC1CCCCCCCC(=O)OCC(COC(=O)CCCCCCCC1OC1CC1OC1CCCCC)OC(=O)CCCCCCCC1OC1CCC1OC1CCCC. The highest BCUT2D eigenvalue weighted by atomic mass is 16.6. The minimum atomic E-state index is -0.815. The second-order valence-corrected chi connectivity index (χ2v) is 21.9. The highest BCUT2D eigenvalue weighted by Crippen LogP contribution is 2.41. The van der Waals surface area contributed by atoms with Crippen molar-refractivity contribution >= 4 is 17.9 Å². The van der Waals surface area contributed by atoms with Gasteiger partial charge in [-0.05, 0) is 70.6 Å². The van der Waals surface area contributed by atoms with Crippen LogP contribution in [0.15, 0.2) is 0 Å². The summed E-state index contributed by atoms with van der Waals surface area (Å²) in [7, 11) is 0. The van der Waals surface area contributed by atoms with Crippen LogP contribution in [0.4, 0.5) is 0 Å². The Kier molecular flexibility index (Phi) is 26.5. The predicted molar refractivity (Wildman–Crippen MR) is 267 cm³/mol. The van der Waals surface area contributed by atoms with Crippen LogP contribution < -0.4 is 0 Å². The minimum absolute atomic E-state index is 0.109. The zero-order valence-corrected chi connectivity index (χ0v) is 43.8. The van der Waals surface area contributed by atoms with E-state index in [-0.39, 0.29) is 31.1 Å². The van der Waals surface area contributed by atoms with Crippen LogP contribution in [0.5, 0.6) is 0 Å². The van der Waals surface area contributed by atoms with Crippen LogP contribution >= 0.6 is 0 Å². The van der Waals surface area contributed by atoms with Gasteiger partial charge in [-0.15, -0.1) is 0 Å². The van der Waals surface area contributed by atoms with Crippen LogP contribution in [0, 0.1) is 0 Å². The number of epoxide rings is 6. The fourth-order valence-electron chi connectivity index (χ4n) is 10.6. The van der Waals surface area contributed by atoms with Gasteiger partial charge in [0.25, 0.3) is 0 Å². The first-order valence-electron chi connectivity index (χ1n) is 29.3. The lowest BCUT2D eigenvalue weighted by Crippen LogP contribution is -2.30. The van der Waals surface area contributed by atoms with Crippen LogP contribution in [0.3, 0.4) is 0 Å². The summed E-state index contributed by atoms with van der Waals surface area (Å²) in [4.78, 5) is 38.4. The molecule has 6 aliphatic rings. The van der Waals surface area contributed by atoms with Crippen molar-refractivity contribution in [3.8, 4) is 0 Å². The summed E-state index contributed by atoms with van der Waals surface area (Å²) in [5, 5.41) is 0. The van der Waals surface area contributed by atoms with Gasteiger partial charge in [-0.25, -0.2) is 0 Å². The smallest absolute Gasteiger partial charge is 0.306 e. The number of carbonyl (C=O) groups is 3. The van der Waals surface area contributed by atoms with Crippen molar-refractivity contribution in [2.24, 2.45) is 0 Å². The Balaban J connectivity index is 0.764. The van der Waals surface area contributed by atoms with E-state index in [0.29, 0.717) is 92.5 Å². The van der Waals surface area contributed by atoms with E-state index in [2.05, 4.69) is 20.8 Å². The molecule has 12 heteroatoms. The number of unbranched alkanes of at least 4 members (excludes halogenated alkanes) is 17. The molecule has 6 fully saturated rings. The van der Waals surface area contributed by atoms with Gasteiger partial charge >= 0.3 is 17.9 Å². The van der Waals surface area contributed by atoms with E-state index in [0.717, 1.165) is 141 Å². The molecular weight excluding hydrogens is 877 g/mol. The van der Waals surface area contributed by atoms with Gasteiger partial charge in [0.2, 0.25) is 0 Å². The molecule has 69 heavy (non-hydrogen) atoms. The molecule has 0 aliphatic carbocycles. The molecule has 398 valence electrons. The van der Waals surface area contributed by atoms with E-state index in [1.807, 2.05) is 0 Å². The maximum absolute atomic E-state index is 12.9. The van der Waals surface area contributed by atoms with Crippen LogP contribution in [-0.4, -0.2) is 110 Å². The second-order valence-electron chi connectivity index (χ2n) is 21.9. The van der Waals surface area contributed by atoms with Crippen molar-refractivity contribution in [2.45, 2.75) is 331 Å². The van der Waals surface area contributed by atoms with Gasteiger partial charge in [-0.1, -0.05) is 149 Å². The monoisotopic (exact) mass is 975 g/mol. The Bertz CT molecular complexity index is 1360. The van der Waals surface area contributed by atoms with E-state index in [9.17, 15) is 14.4 Å². The average Bonchev–Trinajstić information content (AvgIpc) is 4.08. The number of hydrogen-bond acceptors (Lipinski definition) is 12. The fraction of sp³-hybridized carbons (Fsp3) is 0.947. The Morgan fingerprint density at radius 2 is 0.594 bits per heavy atom. The summed E-state index contributed by atoms with van der Waals surface area (Å²) >= 11 is 0. The molecular formula is C57H98O12. The largest absolute Gasteiger partial charge is 0.462 e. The molecule has 0 saturated carbocycles. The number of rotatable bonds is 47. The van der Waals surface area contributed by atoms with Gasteiger partial charge in [0.1, 0.15) is 13.2 Å². The Labute approximate surface area is 418 Å². The van der Waals surface area contributed by atoms with Gasteiger partial charge in [0, 0.05) is 32.1 Å². The third-order valence-corrected chi connectivity index (χ3v) is 15.6. The Hall–Kier alpha value is -1.83. The molecule has 0 amide bonds. The van der Waals surface area contributed by atoms with Crippen molar-refractivity contribution in [3.05, 3.63) is 0 Å². The maximum Gasteiger partial charge on any atom is 0.306 e. The molecule has 12 nitrogen and oxygen atoms in total. The van der Waals surface area contributed by atoms with Crippen LogP contribution in [0.1, 0.15) is 252 Å². The molecule has 0 aromatic heterocycles.